The molecule has 9 nitrogen and oxygen atoms in total. The maximum absolute atomic E-state index is 12.9. The molecule has 1 aliphatic heterocycles. The first-order valence-electron chi connectivity index (χ1n) is 8.94. The normalized spacial score (nSPS) is 17.3. The number of nitrogens with one attached hydrogen (secondary N) is 1. The molecule has 1 atom stereocenters. The summed E-state index contributed by atoms with van der Waals surface area (Å²) in [7, 11) is 1.94. The first-order chi connectivity index (χ1) is 13.1. The van der Waals surface area contributed by atoms with Crippen LogP contribution < -0.4 is 5.32 Å². The molecule has 0 aliphatic carbocycles. The number of amides is 1. The fourth-order valence-electron chi connectivity index (χ4n) is 3.27. The number of nitrogens with zero attached hydrogens (tertiary/aromatic N) is 7. The van der Waals surface area contributed by atoms with Crippen LogP contribution >= 0.6 is 0 Å². The van der Waals surface area contributed by atoms with Crippen molar-refractivity contribution in [2.24, 2.45) is 7.05 Å². The molecule has 9 heteroatoms. The van der Waals surface area contributed by atoms with Gasteiger partial charge in [-0.15, -0.1) is 10.2 Å². The Labute approximate surface area is 157 Å². The molecule has 1 aliphatic rings. The Hall–Kier alpha value is -3.07. The van der Waals surface area contributed by atoms with Gasteiger partial charge in [0.05, 0.1) is 0 Å². The highest BCUT2D eigenvalue weighted by Gasteiger charge is 2.30. The molecular weight excluding hydrogens is 344 g/mol. The average molecular weight is 366 g/mol. The number of tetrazole rings is 1. The molecule has 3 aromatic rings. The number of imidazole rings is 1. The van der Waals surface area contributed by atoms with E-state index in [1.807, 2.05) is 53.9 Å². The van der Waals surface area contributed by atoms with E-state index in [4.69, 9.17) is 0 Å². The highest BCUT2D eigenvalue weighted by molar-refractivity contribution is 5.76. The number of carbonyl (C=O) groups excluding carboxylic acids is 1. The van der Waals surface area contributed by atoms with Gasteiger partial charge in [0.2, 0.25) is 11.7 Å². The van der Waals surface area contributed by atoms with E-state index in [0.717, 1.165) is 17.9 Å². The fourth-order valence-corrected chi connectivity index (χ4v) is 3.27. The van der Waals surface area contributed by atoms with Crippen LogP contribution in [0.5, 0.6) is 0 Å². The Morgan fingerprint density at radius 1 is 1.30 bits per heavy atom. The lowest BCUT2D eigenvalue weighted by atomic mass is 10.1. The molecule has 0 spiro atoms. The van der Waals surface area contributed by atoms with Crippen LogP contribution in [0.1, 0.15) is 17.4 Å². The van der Waals surface area contributed by atoms with E-state index in [9.17, 15) is 4.79 Å². The maximum atomic E-state index is 12.9. The van der Waals surface area contributed by atoms with E-state index in [0.29, 0.717) is 18.9 Å². The molecule has 4 rings (SSSR count). The summed E-state index contributed by atoms with van der Waals surface area (Å²) in [6.07, 6.45) is 3.64. The molecule has 1 fully saturated rings. The van der Waals surface area contributed by atoms with Crippen molar-refractivity contribution in [2.75, 3.05) is 19.6 Å². The largest absolute Gasteiger partial charge is 0.336 e. The number of piperazine rings is 1. The highest BCUT2D eigenvalue weighted by Crippen LogP contribution is 2.21. The van der Waals surface area contributed by atoms with Gasteiger partial charge >= 0.3 is 0 Å². The number of rotatable bonds is 4. The van der Waals surface area contributed by atoms with Gasteiger partial charge in [-0.2, -0.15) is 4.80 Å². The van der Waals surface area contributed by atoms with E-state index in [1.54, 1.807) is 6.20 Å². The van der Waals surface area contributed by atoms with Gasteiger partial charge in [0.25, 0.3) is 0 Å². The summed E-state index contributed by atoms with van der Waals surface area (Å²) in [6.45, 7) is 4.13. The van der Waals surface area contributed by atoms with Gasteiger partial charge in [-0.25, -0.2) is 4.98 Å². The Kier molecular flexibility index (Phi) is 4.68. The Morgan fingerprint density at radius 2 is 2.11 bits per heavy atom. The van der Waals surface area contributed by atoms with E-state index in [1.165, 1.54) is 10.4 Å². The van der Waals surface area contributed by atoms with Crippen LogP contribution in [0, 0.1) is 6.92 Å². The van der Waals surface area contributed by atoms with Gasteiger partial charge in [0.15, 0.2) is 0 Å². The summed E-state index contributed by atoms with van der Waals surface area (Å²) in [5, 5.41) is 15.8. The minimum Gasteiger partial charge on any atom is -0.336 e. The monoisotopic (exact) mass is 366 g/mol. The summed E-state index contributed by atoms with van der Waals surface area (Å²) in [4.78, 5) is 20.5. The van der Waals surface area contributed by atoms with Gasteiger partial charge in [-0.1, -0.05) is 29.8 Å². The molecule has 1 aromatic carbocycles. The molecule has 1 N–H and O–H groups in total. The minimum atomic E-state index is -0.105. The molecule has 1 unspecified atom stereocenters. The van der Waals surface area contributed by atoms with Gasteiger partial charge in [0, 0.05) is 44.6 Å². The van der Waals surface area contributed by atoms with Crippen LogP contribution in [0.15, 0.2) is 36.7 Å². The van der Waals surface area contributed by atoms with Gasteiger partial charge in [-0.3, -0.25) is 4.79 Å². The molecule has 0 bridgehead atoms. The van der Waals surface area contributed by atoms with Crippen LogP contribution in [0.4, 0.5) is 0 Å². The molecule has 0 radical (unpaired) electrons. The smallest absolute Gasteiger partial charge is 0.246 e. The number of benzene rings is 1. The number of hydrogen-bond donors (Lipinski definition) is 1. The number of hydrogen-bond acceptors (Lipinski definition) is 6. The predicted molar refractivity (Wildman–Crippen MR) is 98.5 cm³/mol. The summed E-state index contributed by atoms with van der Waals surface area (Å²) in [5.41, 5.74) is 2.05. The summed E-state index contributed by atoms with van der Waals surface area (Å²) >= 11 is 0. The molecule has 1 amide bonds. The lowest BCUT2D eigenvalue weighted by Crippen LogP contribution is -2.50. The highest BCUT2D eigenvalue weighted by atomic mass is 16.2. The van der Waals surface area contributed by atoms with E-state index in [2.05, 4.69) is 25.7 Å². The third-order valence-electron chi connectivity index (χ3n) is 4.76. The zero-order valence-corrected chi connectivity index (χ0v) is 15.4. The van der Waals surface area contributed by atoms with Crippen LogP contribution in [-0.4, -0.2) is 60.2 Å². The Balaban J connectivity index is 1.49. The van der Waals surface area contributed by atoms with Crippen molar-refractivity contribution in [1.29, 1.82) is 0 Å². The third kappa shape index (κ3) is 3.59. The van der Waals surface area contributed by atoms with Crippen molar-refractivity contribution in [3.8, 4) is 11.4 Å². The lowest BCUT2D eigenvalue weighted by Gasteiger charge is -2.35. The average Bonchev–Trinajstić information content (AvgIpc) is 3.31. The fraction of sp³-hybridized carbons (Fsp3) is 0.389. The topological polar surface area (TPSA) is 93.8 Å². The maximum Gasteiger partial charge on any atom is 0.246 e. The quantitative estimate of drug-likeness (QED) is 0.725. The van der Waals surface area contributed by atoms with Crippen molar-refractivity contribution in [2.45, 2.75) is 19.5 Å². The molecule has 3 heterocycles. The number of carbonyl (C=O) groups is 1. The molecule has 2 aromatic heterocycles. The Bertz CT molecular complexity index is 929. The zero-order chi connectivity index (χ0) is 18.8. The SMILES string of the molecule is Cc1ccc(-c2nnn(CC(=O)N3CCNCC3c3nccn3C)n2)cc1. The van der Waals surface area contributed by atoms with Crippen LogP contribution in [0.25, 0.3) is 11.4 Å². The molecule has 0 saturated carbocycles. The summed E-state index contributed by atoms with van der Waals surface area (Å²) < 4.78 is 1.95. The molecular formula is C18H22N8O. The first kappa shape index (κ1) is 17.3. The number of aromatic nitrogens is 6. The third-order valence-corrected chi connectivity index (χ3v) is 4.76. The minimum absolute atomic E-state index is 0.0441. The number of aryl methyl sites for hydroxylation is 2. The Morgan fingerprint density at radius 3 is 2.85 bits per heavy atom. The predicted octanol–water partition coefficient (Wildman–Crippen LogP) is 0.555. The van der Waals surface area contributed by atoms with Crippen molar-refractivity contribution in [3.63, 3.8) is 0 Å². The van der Waals surface area contributed by atoms with E-state index >= 15 is 0 Å². The lowest BCUT2D eigenvalue weighted by molar-refractivity contribution is -0.135. The van der Waals surface area contributed by atoms with E-state index in [-0.39, 0.29) is 18.5 Å². The second kappa shape index (κ2) is 7.28. The van der Waals surface area contributed by atoms with Crippen molar-refractivity contribution in [3.05, 3.63) is 48.0 Å². The van der Waals surface area contributed by atoms with Gasteiger partial charge < -0.3 is 14.8 Å². The molecule has 140 valence electrons. The van der Waals surface area contributed by atoms with Crippen LogP contribution in [0.2, 0.25) is 0 Å². The second-order valence-corrected chi connectivity index (χ2v) is 6.71. The zero-order valence-electron chi connectivity index (χ0n) is 15.4. The van der Waals surface area contributed by atoms with Crippen molar-refractivity contribution < 1.29 is 4.79 Å². The van der Waals surface area contributed by atoms with Crippen molar-refractivity contribution in [1.82, 2.24) is 40.0 Å². The summed E-state index contributed by atoms with van der Waals surface area (Å²) in [6, 6.07) is 7.79. The van der Waals surface area contributed by atoms with Crippen molar-refractivity contribution >= 4 is 5.91 Å². The van der Waals surface area contributed by atoms with Gasteiger partial charge in [-0.05, 0) is 12.1 Å². The van der Waals surface area contributed by atoms with E-state index < -0.39 is 0 Å². The van der Waals surface area contributed by atoms with Crippen LogP contribution in [0.3, 0.4) is 0 Å². The first-order valence-corrected chi connectivity index (χ1v) is 8.94. The second-order valence-electron chi connectivity index (χ2n) is 6.71. The summed E-state index contributed by atoms with van der Waals surface area (Å²) in [5.74, 6) is 1.34. The standard InChI is InChI=1S/C18H22N8O/c1-13-3-5-14(6-4-13)17-21-23-26(22-17)12-16(27)25-10-7-19-11-15(25)18-20-8-9-24(18)2/h3-6,8-9,15,19H,7,10-12H2,1-2H3. The molecule has 1 saturated heterocycles. The van der Waals surface area contributed by atoms with Gasteiger partial charge in [0.1, 0.15) is 18.4 Å². The van der Waals surface area contributed by atoms with Crippen LogP contribution in [-0.2, 0) is 18.4 Å². The molecule has 27 heavy (non-hydrogen) atoms.